The molecule has 3 aromatic rings. The molecule has 1 unspecified atom stereocenters. The Hall–Kier alpha value is -3.21. The molecule has 11 heteroatoms. The average molecular weight is 470 g/mol. The Bertz CT molecular complexity index is 1270. The summed E-state index contributed by atoms with van der Waals surface area (Å²) in [5.74, 6) is 0.249. The van der Waals surface area contributed by atoms with Crippen LogP contribution < -0.4 is 4.90 Å². The molecular weight excluding hydrogens is 442 g/mol. The third kappa shape index (κ3) is 4.12. The van der Waals surface area contributed by atoms with Crippen molar-refractivity contribution in [2.45, 2.75) is 26.3 Å². The highest BCUT2D eigenvalue weighted by Gasteiger charge is 2.33. The molecule has 0 spiro atoms. The van der Waals surface area contributed by atoms with Gasteiger partial charge in [0.15, 0.2) is 15.5 Å². The fraction of sp³-hybridized carbons (Fsp3) is 0.455. The Labute approximate surface area is 192 Å². The van der Waals surface area contributed by atoms with Gasteiger partial charge in [-0.15, -0.1) is 5.10 Å². The van der Waals surface area contributed by atoms with Gasteiger partial charge in [0.25, 0.3) is 5.91 Å². The fourth-order valence-corrected chi connectivity index (χ4v) is 6.47. The van der Waals surface area contributed by atoms with Crippen molar-refractivity contribution < 1.29 is 13.2 Å². The van der Waals surface area contributed by atoms with E-state index < -0.39 is 9.84 Å². The summed E-state index contributed by atoms with van der Waals surface area (Å²) in [4.78, 5) is 18.5. The zero-order valence-electron chi connectivity index (χ0n) is 18.8. The first kappa shape index (κ1) is 21.6. The molecule has 2 aliphatic rings. The quantitative estimate of drug-likeness (QED) is 0.569. The van der Waals surface area contributed by atoms with Gasteiger partial charge in [0.05, 0.1) is 46.5 Å². The number of aromatic nitrogens is 5. The van der Waals surface area contributed by atoms with Crippen LogP contribution in [-0.2, 0) is 9.84 Å². The molecule has 0 N–H and O–H groups in total. The van der Waals surface area contributed by atoms with Crippen LogP contribution in [-0.4, -0.2) is 81.7 Å². The number of para-hydroxylation sites is 1. The average Bonchev–Trinajstić information content (AvgIpc) is 3.51. The lowest BCUT2D eigenvalue weighted by Gasteiger charge is -2.36. The molecule has 1 atom stereocenters. The molecule has 10 nitrogen and oxygen atoms in total. The number of hydrogen-bond donors (Lipinski definition) is 0. The summed E-state index contributed by atoms with van der Waals surface area (Å²) in [6, 6.07) is 9.39. The van der Waals surface area contributed by atoms with Gasteiger partial charge in [-0.25, -0.2) is 8.42 Å². The molecule has 2 aromatic heterocycles. The van der Waals surface area contributed by atoms with Gasteiger partial charge in [-0.3, -0.25) is 9.48 Å². The summed E-state index contributed by atoms with van der Waals surface area (Å²) in [6.07, 6.45) is 2.12. The van der Waals surface area contributed by atoms with Gasteiger partial charge in [-0.2, -0.15) is 15.0 Å². The number of carbonyl (C=O) groups is 1. The Kier molecular flexibility index (Phi) is 5.43. The molecule has 1 aromatic carbocycles. The number of rotatable bonds is 4. The van der Waals surface area contributed by atoms with Crippen LogP contribution >= 0.6 is 0 Å². The summed E-state index contributed by atoms with van der Waals surface area (Å²) in [5, 5.41) is 13.3. The maximum absolute atomic E-state index is 13.0. The lowest BCUT2D eigenvalue weighted by Crippen LogP contribution is -2.49. The Morgan fingerprint density at radius 1 is 1.03 bits per heavy atom. The van der Waals surface area contributed by atoms with E-state index in [1.165, 1.54) is 11.0 Å². The minimum absolute atomic E-state index is 0.0995. The zero-order chi connectivity index (χ0) is 23.2. The summed E-state index contributed by atoms with van der Waals surface area (Å²) in [7, 11) is -2.98. The molecule has 2 saturated heterocycles. The van der Waals surface area contributed by atoms with Crippen molar-refractivity contribution in [2.75, 3.05) is 42.6 Å². The van der Waals surface area contributed by atoms with Crippen LogP contribution in [0.5, 0.6) is 0 Å². The van der Waals surface area contributed by atoms with Gasteiger partial charge < -0.3 is 9.80 Å². The highest BCUT2D eigenvalue weighted by atomic mass is 32.2. The summed E-state index contributed by atoms with van der Waals surface area (Å²) >= 11 is 0. The van der Waals surface area contributed by atoms with E-state index in [-0.39, 0.29) is 23.5 Å². The predicted molar refractivity (Wildman–Crippen MR) is 123 cm³/mol. The first-order valence-electron chi connectivity index (χ1n) is 11.1. The second-order valence-electron chi connectivity index (χ2n) is 8.65. The van der Waals surface area contributed by atoms with E-state index in [4.69, 9.17) is 0 Å². The van der Waals surface area contributed by atoms with Gasteiger partial charge in [0.1, 0.15) is 0 Å². The first-order valence-corrected chi connectivity index (χ1v) is 12.9. The Morgan fingerprint density at radius 3 is 2.42 bits per heavy atom. The number of sulfone groups is 1. The number of hydrogen-bond acceptors (Lipinski definition) is 7. The van der Waals surface area contributed by atoms with Gasteiger partial charge in [-0.1, -0.05) is 18.2 Å². The minimum Gasteiger partial charge on any atom is -0.365 e. The monoisotopic (exact) mass is 469 g/mol. The van der Waals surface area contributed by atoms with Crippen molar-refractivity contribution in [2.24, 2.45) is 0 Å². The van der Waals surface area contributed by atoms with Gasteiger partial charge in [-0.05, 0) is 32.4 Å². The van der Waals surface area contributed by atoms with Crippen LogP contribution in [0.25, 0.3) is 5.69 Å². The Balaban J connectivity index is 1.26. The molecule has 2 aliphatic heterocycles. The first-order chi connectivity index (χ1) is 15.8. The number of amides is 1. The zero-order valence-corrected chi connectivity index (χ0v) is 19.6. The van der Waals surface area contributed by atoms with Crippen LogP contribution in [0, 0.1) is 13.8 Å². The summed E-state index contributed by atoms with van der Waals surface area (Å²) in [6.45, 7) is 6.45. The standard InChI is InChI=1S/C22H27N7O3S/c1-16-21(17(2)28(24-16)19-8-13-33(31,32)15-19)26-9-11-27(12-10-26)22(30)20-14-23-29(25-20)18-6-4-3-5-7-18/h3-7,14,19H,8-13,15H2,1-2H3. The molecule has 0 bridgehead atoms. The molecule has 1 amide bonds. The van der Waals surface area contributed by atoms with Crippen LogP contribution in [0.15, 0.2) is 36.5 Å². The van der Waals surface area contributed by atoms with Crippen LogP contribution in [0.4, 0.5) is 5.69 Å². The fourth-order valence-electron chi connectivity index (χ4n) is 4.78. The summed E-state index contributed by atoms with van der Waals surface area (Å²) in [5.41, 5.74) is 4.05. The molecule has 5 rings (SSSR count). The maximum Gasteiger partial charge on any atom is 0.276 e. The number of anilines is 1. The second-order valence-corrected chi connectivity index (χ2v) is 10.9. The summed E-state index contributed by atoms with van der Waals surface area (Å²) < 4.78 is 25.7. The van der Waals surface area contributed by atoms with Crippen LogP contribution in [0.3, 0.4) is 0 Å². The molecular formula is C22H27N7O3S. The lowest BCUT2D eigenvalue weighted by molar-refractivity contribution is 0.0740. The van der Waals surface area contributed by atoms with E-state index in [0.717, 1.165) is 22.8 Å². The van der Waals surface area contributed by atoms with E-state index in [0.29, 0.717) is 38.3 Å². The lowest BCUT2D eigenvalue weighted by atomic mass is 10.2. The SMILES string of the molecule is Cc1nn(C2CCS(=O)(=O)C2)c(C)c1N1CCN(C(=O)c2cnn(-c3ccccc3)n2)CC1. The van der Waals surface area contributed by atoms with Crippen molar-refractivity contribution >= 4 is 21.4 Å². The van der Waals surface area contributed by atoms with Crippen molar-refractivity contribution in [1.82, 2.24) is 29.7 Å². The molecule has 33 heavy (non-hydrogen) atoms. The third-order valence-corrected chi connectivity index (χ3v) is 8.17. The van der Waals surface area contributed by atoms with Crippen molar-refractivity contribution in [3.8, 4) is 5.69 Å². The van der Waals surface area contributed by atoms with Gasteiger partial charge in [0.2, 0.25) is 0 Å². The number of aryl methyl sites for hydroxylation is 1. The van der Waals surface area contributed by atoms with E-state index in [9.17, 15) is 13.2 Å². The van der Waals surface area contributed by atoms with Crippen molar-refractivity contribution in [1.29, 1.82) is 0 Å². The van der Waals surface area contributed by atoms with Crippen molar-refractivity contribution in [3.05, 3.63) is 53.6 Å². The minimum atomic E-state index is -2.98. The number of benzene rings is 1. The number of nitrogens with zero attached hydrogens (tertiary/aromatic N) is 7. The highest BCUT2D eigenvalue weighted by molar-refractivity contribution is 7.91. The Morgan fingerprint density at radius 2 is 1.76 bits per heavy atom. The molecule has 0 radical (unpaired) electrons. The molecule has 0 aliphatic carbocycles. The topological polar surface area (TPSA) is 106 Å². The van der Waals surface area contributed by atoms with E-state index in [2.05, 4.69) is 20.2 Å². The van der Waals surface area contributed by atoms with Crippen LogP contribution in [0.2, 0.25) is 0 Å². The normalized spacial score (nSPS) is 20.4. The molecule has 2 fully saturated rings. The van der Waals surface area contributed by atoms with Gasteiger partial charge >= 0.3 is 0 Å². The smallest absolute Gasteiger partial charge is 0.276 e. The van der Waals surface area contributed by atoms with Crippen molar-refractivity contribution in [3.63, 3.8) is 0 Å². The van der Waals surface area contributed by atoms with Crippen LogP contribution in [0.1, 0.15) is 34.3 Å². The molecule has 174 valence electrons. The predicted octanol–water partition coefficient (Wildman–Crippen LogP) is 1.40. The molecule has 4 heterocycles. The largest absolute Gasteiger partial charge is 0.365 e. The molecule has 0 saturated carbocycles. The second kappa shape index (κ2) is 8.29. The van der Waals surface area contributed by atoms with E-state index in [1.807, 2.05) is 48.9 Å². The highest BCUT2D eigenvalue weighted by Crippen LogP contribution is 2.31. The van der Waals surface area contributed by atoms with E-state index in [1.54, 1.807) is 4.90 Å². The third-order valence-electron chi connectivity index (χ3n) is 6.42. The number of carbonyl (C=O) groups excluding carboxylic acids is 1. The number of piperazine rings is 1. The van der Waals surface area contributed by atoms with E-state index >= 15 is 0 Å². The van der Waals surface area contributed by atoms with Gasteiger partial charge in [0, 0.05) is 26.2 Å². The maximum atomic E-state index is 13.0.